The van der Waals surface area contributed by atoms with E-state index in [0.717, 1.165) is 6.07 Å². The molecule has 0 unspecified atom stereocenters. The number of ether oxygens (including phenoxy) is 1. The first kappa shape index (κ1) is 22.7. The third-order valence-corrected chi connectivity index (χ3v) is 6.98. The highest BCUT2D eigenvalue weighted by atomic mass is 79.9. The van der Waals surface area contributed by atoms with Gasteiger partial charge in [0.05, 0.1) is 33.9 Å². The maximum atomic E-state index is 14.4. The fraction of sp³-hybridized carbons (Fsp3) is 0.0833. The molecule has 0 aliphatic rings. The molecule has 0 radical (unpaired) electrons. The number of nitrogens with zero attached hydrogens (tertiary/aromatic N) is 2. The van der Waals surface area contributed by atoms with Crippen molar-refractivity contribution in [3.8, 4) is 17.6 Å². The number of anilines is 1. The van der Waals surface area contributed by atoms with Crippen LogP contribution in [0, 0.1) is 24.6 Å². The van der Waals surface area contributed by atoms with Crippen molar-refractivity contribution in [3.63, 3.8) is 0 Å². The molecule has 166 valence electrons. The predicted octanol–water partition coefficient (Wildman–Crippen LogP) is 5.05. The van der Waals surface area contributed by atoms with Crippen LogP contribution in [0.25, 0.3) is 10.9 Å². The van der Waals surface area contributed by atoms with Gasteiger partial charge in [-0.05, 0) is 46.6 Å². The first-order valence-electron chi connectivity index (χ1n) is 9.66. The molecule has 0 aliphatic carbocycles. The SMILES string of the molecule is COc1ccncc1C#Cc1cc(Br)c(F)cc1NS(=O)(=O)c1c(C)ccc2cccnc12. The summed E-state index contributed by atoms with van der Waals surface area (Å²) in [6.07, 6.45) is 4.62. The molecule has 0 saturated carbocycles. The van der Waals surface area contributed by atoms with Crippen LogP contribution in [0.1, 0.15) is 16.7 Å². The summed E-state index contributed by atoms with van der Waals surface area (Å²) < 4.78 is 49.1. The van der Waals surface area contributed by atoms with E-state index in [9.17, 15) is 12.8 Å². The van der Waals surface area contributed by atoms with Crippen LogP contribution in [0.5, 0.6) is 5.75 Å². The number of nitrogens with one attached hydrogen (secondary N) is 1. The van der Waals surface area contributed by atoms with Crippen LogP contribution in [0.2, 0.25) is 0 Å². The molecule has 0 saturated heterocycles. The Morgan fingerprint density at radius 2 is 1.88 bits per heavy atom. The van der Waals surface area contributed by atoms with Crippen molar-refractivity contribution in [1.82, 2.24) is 9.97 Å². The number of aryl methyl sites for hydroxylation is 1. The number of hydrogen-bond donors (Lipinski definition) is 1. The van der Waals surface area contributed by atoms with Gasteiger partial charge in [0.1, 0.15) is 16.5 Å². The summed E-state index contributed by atoms with van der Waals surface area (Å²) in [5.41, 5.74) is 1.61. The summed E-state index contributed by atoms with van der Waals surface area (Å²) in [5.74, 6) is 5.67. The lowest BCUT2D eigenvalue weighted by atomic mass is 10.1. The highest BCUT2D eigenvalue weighted by Crippen LogP contribution is 2.30. The highest BCUT2D eigenvalue weighted by Gasteiger charge is 2.23. The van der Waals surface area contributed by atoms with Gasteiger partial charge in [0, 0.05) is 30.0 Å². The fourth-order valence-corrected chi connectivity index (χ4v) is 5.10. The lowest BCUT2D eigenvalue weighted by Crippen LogP contribution is -2.16. The Balaban J connectivity index is 1.82. The largest absolute Gasteiger partial charge is 0.495 e. The molecule has 0 fully saturated rings. The molecule has 2 aromatic heterocycles. The molecule has 4 rings (SSSR count). The van der Waals surface area contributed by atoms with E-state index in [4.69, 9.17) is 4.74 Å². The molecule has 9 heteroatoms. The van der Waals surface area contributed by atoms with Gasteiger partial charge in [-0.1, -0.05) is 30.0 Å². The zero-order valence-electron chi connectivity index (χ0n) is 17.6. The summed E-state index contributed by atoms with van der Waals surface area (Å²) in [7, 11) is -2.61. The second-order valence-corrected chi connectivity index (χ2v) is 9.50. The summed E-state index contributed by atoms with van der Waals surface area (Å²) in [6, 6.07) is 11.2. The second kappa shape index (κ2) is 9.17. The normalized spacial score (nSPS) is 11.0. The number of fused-ring (bicyclic) bond motifs is 1. The van der Waals surface area contributed by atoms with Crippen molar-refractivity contribution in [2.24, 2.45) is 0 Å². The van der Waals surface area contributed by atoms with E-state index in [1.807, 2.05) is 0 Å². The Labute approximate surface area is 199 Å². The smallest absolute Gasteiger partial charge is 0.264 e. The lowest BCUT2D eigenvalue weighted by molar-refractivity contribution is 0.413. The third kappa shape index (κ3) is 4.67. The monoisotopic (exact) mass is 525 g/mol. The number of aromatic nitrogens is 2. The van der Waals surface area contributed by atoms with Gasteiger partial charge in [-0.15, -0.1) is 0 Å². The minimum absolute atomic E-state index is 0.00149. The summed E-state index contributed by atoms with van der Waals surface area (Å²) in [5, 5.41) is 0.675. The van der Waals surface area contributed by atoms with Crippen LogP contribution in [0.4, 0.5) is 10.1 Å². The zero-order valence-corrected chi connectivity index (χ0v) is 20.0. The average Bonchev–Trinajstić information content (AvgIpc) is 2.80. The Morgan fingerprint density at radius 1 is 1.09 bits per heavy atom. The highest BCUT2D eigenvalue weighted by molar-refractivity contribution is 9.10. The molecule has 0 bridgehead atoms. The molecule has 2 aromatic carbocycles. The average molecular weight is 526 g/mol. The number of methoxy groups -OCH3 is 1. The van der Waals surface area contributed by atoms with Crippen LogP contribution in [0.15, 0.2) is 70.4 Å². The summed E-state index contributed by atoms with van der Waals surface area (Å²) in [6.45, 7) is 1.68. The third-order valence-electron chi connectivity index (χ3n) is 4.83. The Bertz CT molecular complexity index is 1550. The minimum atomic E-state index is -4.12. The van der Waals surface area contributed by atoms with Gasteiger partial charge in [0.2, 0.25) is 0 Å². The van der Waals surface area contributed by atoms with E-state index in [1.54, 1.807) is 43.5 Å². The Morgan fingerprint density at radius 3 is 2.67 bits per heavy atom. The van der Waals surface area contributed by atoms with Crippen LogP contribution in [0.3, 0.4) is 0 Å². The Hall–Kier alpha value is -3.48. The van der Waals surface area contributed by atoms with E-state index >= 15 is 0 Å². The quantitative estimate of drug-likeness (QED) is 0.377. The van der Waals surface area contributed by atoms with Crippen LogP contribution in [-0.4, -0.2) is 25.5 Å². The van der Waals surface area contributed by atoms with Crippen molar-refractivity contribution < 1.29 is 17.5 Å². The lowest BCUT2D eigenvalue weighted by Gasteiger charge is -2.14. The molecule has 33 heavy (non-hydrogen) atoms. The van der Waals surface area contributed by atoms with E-state index in [2.05, 4.69) is 42.5 Å². The number of hydrogen-bond acceptors (Lipinski definition) is 5. The number of pyridine rings is 2. The van der Waals surface area contributed by atoms with Gasteiger partial charge in [-0.3, -0.25) is 14.7 Å². The summed E-state index contributed by atoms with van der Waals surface area (Å²) >= 11 is 3.14. The Kier molecular flexibility index (Phi) is 6.31. The van der Waals surface area contributed by atoms with Gasteiger partial charge in [0.25, 0.3) is 10.0 Å². The standard InChI is InChI=1S/C24H17BrFN3O3S/c1-15-5-6-16-4-3-10-28-23(16)24(15)33(30,31)29-21-13-20(26)19(25)12-17(21)7-8-18-14-27-11-9-22(18)32-2/h3-6,9-14,29H,1-2H3. The van der Waals surface area contributed by atoms with Crippen molar-refractivity contribution >= 4 is 42.5 Å². The van der Waals surface area contributed by atoms with E-state index < -0.39 is 15.8 Å². The fourth-order valence-electron chi connectivity index (χ4n) is 3.28. The maximum absolute atomic E-state index is 14.4. The molecule has 4 aromatic rings. The van der Waals surface area contributed by atoms with Crippen molar-refractivity contribution in [2.45, 2.75) is 11.8 Å². The molecule has 6 nitrogen and oxygen atoms in total. The zero-order chi connectivity index (χ0) is 23.6. The van der Waals surface area contributed by atoms with Gasteiger partial charge in [0.15, 0.2) is 0 Å². The molecule has 0 amide bonds. The minimum Gasteiger partial charge on any atom is -0.495 e. The molecular weight excluding hydrogens is 509 g/mol. The van der Waals surface area contributed by atoms with Crippen LogP contribution >= 0.6 is 15.9 Å². The van der Waals surface area contributed by atoms with Crippen LogP contribution < -0.4 is 9.46 Å². The van der Waals surface area contributed by atoms with Crippen molar-refractivity contribution in [1.29, 1.82) is 0 Å². The van der Waals surface area contributed by atoms with Crippen LogP contribution in [-0.2, 0) is 10.0 Å². The van der Waals surface area contributed by atoms with E-state index in [0.29, 0.717) is 27.8 Å². The molecule has 2 heterocycles. The number of benzene rings is 2. The maximum Gasteiger partial charge on any atom is 0.264 e. The second-order valence-electron chi connectivity index (χ2n) is 7.03. The van der Waals surface area contributed by atoms with Gasteiger partial charge in [-0.25, -0.2) is 12.8 Å². The van der Waals surface area contributed by atoms with E-state index in [1.165, 1.54) is 25.6 Å². The van der Waals surface area contributed by atoms with Gasteiger partial charge < -0.3 is 4.74 Å². The molecule has 0 spiro atoms. The van der Waals surface area contributed by atoms with Crippen molar-refractivity contribution in [2.75, 3.05) is 11.8 Å². The van der Waals surface area contributed by atoms with E-state index in [-0.39, 0.29) is 20.6 Å². The van der Waals surface area contributed by atoms with Gasteiger partial charge in [-0.2, -0.15) is 0 Å². The predicted molar refractivity (Wildman–Crippen MR) is 128 cm³/mol. The first-order valence-corrected chi connectivity index (χ1v) is 11.9. The summed E-state index contributed by atoms with van der Waals surface area (Å²) in [4.78, 5) is 8.30. The van der Waals surface area contributed by atoms with Gasteiger partial charge >= 0.3 is 0 Å². The molecule has 0 aliphatic heterocycles. The number of sulfonamides is 1. The number of rotatable bonds is 4. The molecule has 0 atom stereocenters. The van der Waals surface area contributed by atoms with Crippen molar-refractivity contribution in [3.05, 3.63) is 88.0 Å². The number of halogens is 2. The molecular formula is C24H17BrFN3O3S. The topological polar surface area (TPSA) is 81.2 Å². The first-order chi connectivity index (χ1) is 15.8. The molecule has 1 N–H and O–H groups in total.